The van der Waals surface area contributed by atoms with Gasteiger partial charge < -0.3 is 10.2 Å². The molecule has 0 aromatic heterocycles. The number of aliphatic hydroxyl groups is 1. The molecule has 3 heteroatoms. The highest BCUT2D eigenvalue weighted by molar-refractivity contribution is 5.66. The van der Waals surface area contributed by atoms with Crippen LogP contribution in [0.2, 0.25) is 0 Å². The van der Waals surface area contributed by atoms with Crippen molar-refractivity contribution < 1.29 is 15.0 Å². The molecule has 2 unspecified atom stereocenters. The van der Waals surface area contributed by atoms with E-state index in [1.165, 1.54) is 12.8 Å². The van der Waals surface area contributed by atoms with Crippen molar-refractivity contribution in [2.45, 2.75) is 44.6 Å². The third kappa shape index (κ3) is 1.92. The number of carboxylic acids is 1. The van der Waals surface area contributed by atoms with Crippen molar-refractivity contribution in [2.24, 2.45) is 17.8 Å². The fourth-order valence-corrected chi connectivity index (χ4v) is 3.38. The van der Waals surface area contributed by atoms with Gasteiger partial charge in [-0.25, -0.2) is 0 Å². The van der Waals surface area contributed by atoms with Gasteiger partial charge in [0.2, 0.25) is 0 Å². The number of carboxylic acid groups (broad SMARTS) is 1. The van der Waals surface area contributed by atoms with E-state index >= 15 is 0 Å². The molecule has 0 aromatic rings. The summed E-state index contributed by atoms with van der Waals surface area (Å²) >= 11 is 0. The van der Waals surface area contributed by atoms with Crippen LogP contribution in [0.5, 0.6) is 0 Å². The molecular weight excluding hydrogens is 180 g/mol. The Balaban J connectivity index is 1.90. The molecule has 2 aliphatic carbocycles. The molecule has 2 saturated carbocycles. The fourth-order valence-electron chi connectivity index (χ4n) is 3.38. The molecule has 0 heterocycles. The first-order valence-electron chi connectivity index (χ1n) is 5.56. The maximum atomic E-state index is 10.5. The molecule has 0 spiro atoms. The standard InChI is InChI=1S/C11H18O3/c12-9-5-7-1-2-8(6-9)10(7)3-4-11(13)14/h7-10,12H,1-6H2,(H,13,14). The Kier molecular flexibility index (Phi) is 2.77. The van der Waals surface area contributed by atoms with Crippen LogP contribution < -0.4 is 0 Å². The maximum Gasteiger partial charge on any atom is 0.303 e. The second kappa shape index (κ2) is 3.89. The van der Waals surface area contributed by atoms with Crippen molar-refractivity contribution in [3.63, 3.8) is 0 Å². The van der Waals surface area contributed by atoms with Crippen molar-refractivity contribution in [3.8, 4) is 0 Å². The van der Waals surface area contributed by atoms with Gasteiger partial charge in [0, 0.05) is 6.42 Å². The highest BCUT2D eigenvalue weighted by atomic mass is 16.4. The summed E-state index contributed by atoms with van der Waals surface area (Å²) in [6, 6.07) is 0. The highest BCUT2D eigenvalue weighted by Gasteiger charge is 2.41. The lowest BCUT2D eigenvalue weighted by atomic mass is 9.75. The Bertz CT molecular complexity index is 213. The molecule has 0 radical (unpaired) electrons. The number of rotatable bonds is 3. The number of hydrogen-bond donors (Lipinski definition) is 2. The van der Waals surface area contributed by atoms with E-state index in [1.54, 1.807) is 0 Å². The Morgan fingerprint density at radius 2 is 1.79 bits per heavy atom. The van der Waals surface area contributed by atoms with Crippen LogP contribution in [0.4, 0.5) is 0 Å². The van der Waals surface area contributed by atoms with Crippen LogP contribution in [0.15, 0.2) is 0 Å². The summed E-state index contributed by atoms with van der Waals surface area (Å²) in [5, 5.41) is 18.2. The lowest BCUT2D eigenvalue weighted by Gasteiger charge is -2.32. The SMILES string of the molecule is O=C(O)CCC1C2CCC1CC(O)C2. The molecule has 2 N–H and O–H groups in total. The highest BCUT2D eigenvalue weighted by Crippen LogP contribution is 2.48. The van der Waals surface area contributed by atoms with Crippen LogP contribution in [0.25, 0.3) is 0 Å². The van der Waals surface area contributed by atoms with Crippen molar-refractivity contribution in [1.29, 1.82) is 0 Å². The minimum atomic E-state index is -0.685. The first kappa shape index (κ1) is 9.97. The van der Waals surface area contributed by atoms with Crippen LogP contribution in [0.3, 0.4) is 0 Å². The number of aliphatic carboxylic acids is 1. The molecule has 0 amide bonds. The minimum absolute atomic E-state index is 0.117. The molecule has 80 valence electrons. The Hall–Kier alpha value is -0.570. The Labute approximate surface area is 84.1 Å². The molecule has 2 fully saturated rings. The van der Waals surface area contributed by atoms with Gasteiger partial charge in [0.1, 0.15) is 0 Å². The summed E-state index contributed by atoms with van der Waals surface area (Å²) in [4.78, 5) is 10.5. The predicted molar refractivity (Wildman–Crippen MR) is 51.8 cm³/mol. The van der Waals surface area contributed by atoms with E-state index in [9.17, 15) is 9.90 Å². The first-order chi connectivity index (χ1) is 6.66. The third-order valence-corrected chi connectivity index (χ3v) is 3.96. The van der Waals surface area contributed by atoms with Crippen LogP contribution in [0.1, 0.15) is 38.5 Å². The minimum Gasteiger partial charge on any atom is -0.481 e. The summed E-state index contributed by atoms with van der Waals surface area (Å²) < 4.78 is 0. The second-order valence-electron chi connectivity index (χ2n) is 4.82. The lowest BCUT2D eigenvalue weighted by molar-refractivity contribution is -0.137. The number of fused-ring (bicyclic) bond motifs is 2. The van der Waals surface area contributed by atoms with Gasteiger partial charge in [-0.15, -0.1) is 0 Å². The average molecular weight is 198 g/mol. The molecule has 0 aliphatic heterocycles. The van der Waals surface area contributed by atoms with E-state index in [-0.39, 0.29) is 6.10 Å². The van der Waals surface area contributed by atoms with E-state index < -0.39 is 5.97 Å². The normalized spacial score (nSPS) is 41.2. The molecule has 2 rings (SSSR count). The molecule has 2 aliphatic rings. The summed E-state index contributed by atoms with van der Waals surface area (Å²) in [6.45, 7) is 0. The molecule has 0 aromatic carbocycles. The van der Waals surface area contributed by atoms with Gasteiger partial charge in [0.15, 0.2) is 0 Å². The largest absolute Gasteiger partial charge is 0.481 e. The van der Waals surface area contributed by atoms with Crippen LogP contribution >= 0.6 is 0 Å². The molecule has 0 saturated heterocycles. The van der Waals surface area contributed by atoms with Gasteiger partial charge in [0.25, 0.3) is 0 Å². The van der Waals surface area contributed by atoms with E-state index in [0.29, 0.717) is 24.2 Å². The van der Waals surface area contributed by atoms with Crippen LogP contribution in [-0.4, -0.2) is 22.3 Å². The zero-order valence-corrected chi connectivity index (χ0v) is 8.35. The monoisotopic (exact) mass is 198 g/mol. The molecule has 2 bridgehead atoms. The van der Waals surface area contributed by atoms with Gasteiger partial charge >= 0.3 is 5.97 Å². The lowest BCUT2D eigenvalue weighted by Crippen LogP contribution is -2.29. The van der Waals surface area contributed by atoms with Crippen LogP contribution in [0, 0.1) is 17.8 Å². The van der Waals surface area contributed by atoms with E-state index in [4.69, 9.17) is 5.11 Å². The molecule has 3 nitrogen and oxygen atoms in total. The zero-order chi connectivity index (χ0) is 10.1. The van der Waals surface area contributed by atoms with Crippen molar-refractivity contribution in [1.82, 2.24) is 0 Å². The summed E-state index contributed by atoms with van der Waals surface area (Å²) in [6.07, 6.45) is 5.21. The maximum absolute atomic E-state index is 10.5. The Morgan fingerprint density at radius 3 is 2.29 bits per heavy atom. The summed E-state index contributed by atoms with van der Waals surface area (Å²) in [7, 11) is 0. The number of aliphatic hydroxyl groups excluding tert-OH is 1. The zero-order valence-electron chi connectivity index (χ0n) is 8.35. The second-order valence-corrected chi connectivity index (χ2v) is 4.82. The number of hydrogen-bond acceptors (Lipinski definition) is 2. The third-order valence-electron chi connectivity index (χ3n) is 3.96. The van der Waals surface area contributed by atoms with Crippen molar-refractivity contribution in [2.75, 3.05) is 0 Å². The Morgan fingerprint density at radius 1 is 1.21 bits per heavy atom. The quantitative estimate of drug-likeness (QED) is 0.725. The first-order valence-corrected chi connectivity index (χ1v) is 5.56. The summed E-state index contributed by atoms with van der Waals surface area (Å²) in [5.41, 5.74) is 0. The van der Waals surface area contributed by atoms with Crippen molar-refractivity contribution >= 4 is 5.97 Å². The van der Waals surface area contributed by atoms with Crippen molar-refractivity contribution in [3.05, 3.63) is 0 Å². The smallest absolute Gasteiger partial charge is 0.303 e. The van der Waals surface area contributed by atoms with Gasteiger partial charge in [0.05, 0.1) is 6.10 Å². The van der Waals surface area contributed by atoms with Gasteiger partial charge in [-0.3, -0.25) is 4.79 Å². The predicted octanol–water partition coefficient (Wildman–Crippen LogP) is 1.65. The molecule has 14 heavy (non-hydrogen) atoms. The van der Waals surface area contributed by atoms with Crippen LogP contribution in [-0.2, 0) is 4.79 Å². The van der Waals surface area contributed by atoms with E-state index in [0.717, 1.165) is 19.3 Å². The van der Waals surface area contributed by atoms with E-state index in [1.807, 2.05) is 0 Å². The number of carbonyl (C=O) groups is 1. The van der Waals surface area contributed by atoms with E-state index in [2.05, 4.69) is 0 Å². The van der Waals surface area contributed by atoms with Gasteiger partial charge in [-0.2, -0.15) is 0 Å². The topological polar surface area (TPSA) is 57.5 Å². The fraction of sp³-hybridized carbons (Fsp3) is 0.909. The van der Waals surface area contributed by atoms with Gasteiger partial charge in [-0.1, -0.05) is 0 Å². The molecular formula is C11H18O3. The summed E-state index contributed by atoms with van der Waals surface area (Å²) in [5.74, 6) is 1.09. The average Bonchev–Trinajstić information content (AvgIpc) is 2.34. The van der Waals surface area contributed by atoms with Gasteiger partial charge in [-0.05, 0) is 49.9 Å². The molecule has 2 atom stereocenters.